The van der Waals surface area contributed by atoms with Gasteiger partial charge >= 0.3 is 0 Å². The predicted molar refractivity (Wildman–Crippen MR) is 50.5 cm³/mol. The molecule has 0 heterocycles. The number of likely N-dealkylation sites (N-methyl/N-ethyl adjacent to an activating group) is 1. The van der Waals surface area contributed by atoms with Crippen molar-refractivity contribution in [1.82, 2.24) is 4.90 Å². The molecule has 0 spiro atoms. The highest BCUT2D eigenvalue weighted by molar-refractivity contribution is 5.93. The van der Waals surface area contributed by atoms with Crippen molar-refractivity contribution in [2.45, 2.75) is 20.8 Å². The van der Waals surface area contributed by atoms with Crippen LogP contribution in [0, 0.1) is 12.3 Å². The average Bonchev–Trinajstić information content (AvgIpc) is 2.02. The average molecular weight is 165 g/mol. The number of rotatable bonds is 2. The van der Waals surface area contributed by atoms with Crippen molar-refractivity contribution in [3.63, 3.8) is 0 Å². The zero-order valence-electron chi connectivity index (χ0n) is 8.14. The first-order chi connectivity index (χ1) is 5.50. The van der Waals surface area contributed by atoms with Crippen LogP contribution >= 0.6 is 0 Å². The van der Waals surface area contributed by atoms with E-state index in [4.69, 9.17) is 6.42 Å². The minimum absolute atomic E-state index is 0.00736. The van der Waals surface area contributed by atoms with Crippen molar-refractivity contribution in [1.29, 1.82) is 0 Å². The van der Waals surface area contributed by atoms with E-state index < -0.39 is 0 Å². The van der Waals surface area contributed by atoms with Gasteiger partial charge in [0.05, 0.1) is 6.54 Å². The van der Waals surface area contributed by atoms with Gasteiger partial charge in [-0.05, 0) is 20.8 Å². The molecule has 0 N–H and O–H groups in total. The van der Waals surface area contributed by atoms with Crippen molar-refractivity contribution in [3.05, 3.63) is 11.1 Å². The minimum atomic E-state index is 0.00736. The van der Waals surface area contributed by atoms with E-state index in [1.54, 1.807) is 7.05 Å². The van der Waals surface area contributed by atoms with Crippen LogP contribution in [0.3, 0.4) is 0 Å². The molecule has 0 aliphatic heterocycles. The molecule has 0 aliphatic rings. The van der Waals surface area contributed by atoms with Crippen LogP contribution in [0.15, 0.2) is 11.1 Å². The summed E-state index contributed by atoms with van der Waals surface area (Å²) in [5, 5.41) is 0. The number of nitrogens with zero attached hydrogens (tertiary/aromatic N) is 1. The third-order valence-electron chi connectivity index (χ3n) is 1.75. The Morgan fingerprint density at radius 1 is 1.42 bits per heavy atom. The molecule has 0 rings (SSSR count). The zero-order valence-corrected chi connectivity index (χ0v) is 8.14. The molecule has 66 valence electrons. The first-order valence-electron chi connectivity index (χ1n) is 3.83. The summed E-state index contributed by atoms with van der Waals surface area (Å²) >= 11 is 0. The van der Waals surface area contributed by atoms with Crippen molar-refractivity contribution in [2.75, 3.05) is 13.6 Å². The first kappa shape index (κ1) is 10.8. The fourth-order valence-corrected chi connectivity index (χ4v) is 0.709. The van der Waals surface area contributed by atoms with Crippen molar-refractivity contribution in [3.8, 4) is 12.3 Å². The Morgan fingerprint density at radius 2 is 1.92 bits per heavy atom. The van der Waals surface area contributed by atoms with Crippen molar-refractivity contribution < 1.29 is 4.79 Å². The minimum Gasteiger partial charge on any atom is -0.331 e. The summed E-state index contributed by atoms with van der Waals surface area (Å²) in [6.07, 6.45) is 5.08. The van der Waals surface area contributed by atoms with E-state index in [2.05, 4.69) is 5.92 Å². The molecule has 0 aliphatic carbocycles. The lowest BCUT2D eigenvalue weighted by atomic mass is 10.1. The Kier molecular flexibility index (Phi) is 4.14. The molecule has 2 nitrogen and oxygen atoms in total. The Balaban J connectivity index is 4.43. The number of allylic oxidation sites excluding steroid dienone is 1. The van der Waals surface area contributed by atoms with Crippen LogP contribution in [0.2, 0.25) is 0 Å². The number of hydrogen-bond donors (Lipinski definition) is 0. The molecule has 12 heavy (non-hydrogen) atoms. The number of amides is 1. The standard InChI is InChI=1S/C10H15NO/c1-6-7-11(5)10(12)9(4)8(2)3/h1H,7H2,2-5H3. The second-order valence-electron chi connectivity index (χ2n) is 2.99. The summed E-state index contributed by atoms with van der Waals surface area (Å²) in [5.74, 6) is 2.43. The molecule has 0 saturated carbocycles. The van der Waals surface area contributed by atoms with Crippen LogP contribution in [0.1, 0.15) is 20.8 Å². The largest absolute Gasteiger partial charge is 0.331 e. The van der Waals surface area contributed by atoms with E-state index in [0.29, 0.717) is 6.54 Å². The molecule has 0 saturated heterocycles. The molecule has 0 fully saturated rings. The summed E-state index contributed by atoms with van der Waals surface area (Å²) in [6.45, 7) is 6.00. The predicted octanol–water partition coefficient (Wildman–Crippen LogP) is 1.43. The Hall–Kier alpha value is -1.23. The molecule has 0 aromatic carbocycles. The molecular weight excluding hydrogens is 150 g/mol. The van der Waals surface area contributed by atoms with Crippen LogP contribution in [-0.4, -0.2) is 24.4 Å². The van der Waals surface area contributed by atoms with Gasteiger partial charge in [0.2, 0.25) is 5.91 Å². The van der Waals surface area contributed by atoms with Crippen LogP contribution in [0.25, 0.3) is 0 Å². The zero-order chi connectivity index (χ0) is 9.72. The summed E-state index contributed by atoms with van der Waals surface area (Å²) in [4.78, 5) is 13.0. The molecule has 2 heteroatoms. The molecule has 0 aromatic rings. The smallest absolute Gasteiger partial charge is 0.249 e. The van der Waals surface area contributed by atoms with Crippen LogP contribution in [0.5, 0.6) is 0 Å². The number of terminal acetylenes is 1. The molecule has 1 amide bonds. The molecular formula is C10H15NO. The van der Waals surface area contributed by atoms with Gasteiger partial charge in [-0.25, -0.2) is 0 Å². The third kappa shape index (κ3) is 2.79. The summed E-state index contributed by atoms with van der Waals surface area (Å²) < 4.78 is 0. The topological polar surface area (TPSA) is 20.3 Å². The SMILES string of the molecule is C#CCN(C)C(=O)C(C)=C(C)C. The quantitative estimate of drug-likeness (QED) is 0.448. The van der Waals surface area contributed by atoms with Gasteiger partial charge in [0.15, 0.2) is 0 Å². The molecule has 0 bridgehead atoms. The number of hydrogen-bond acceptors (Lipinski definition) is 1. The lowest BCUT2D eigenvalue weighted by Gasteiger charge is -2.14. The van der Waals surface area contributed by atoms with E-state index in [-0.39, 0.29) is 5.91 Å². The van der Waals surface area contributed by atoms with Crippen LogP contribution in [-0.2, 0) is 4.79 Å². The van der Waals surface area contributed by atoms with Gasteiger partial charge in [-0.15, -0.1) is 6.42 Å². The Morgan fingerprint density at radius 3 is 2.25 bits per heavy atom. The summed E-state index contributed by atoms with van der Waals surface area (Å²) in [7, 11) is 1.70. The van der Waals surface area contributed by atoms with Gasteiger partial charge in [-0.1, -0.05) is 11.5 Å². The summed E-state index contributed by atoms with van der Waals surface area (Å²) in [6, 6.07) is 0. The highest BCUT2D eigenvalue weighted by atomic mass is 16.2. The molecule has 0 radical (unpaired) electrons. The lowest BCUT2D eigenvalue weighted by Crippen LogP contribution is -2.27. The first-order valence-corrected chi connectivity index (χ1v) is 3.83. The maximum absolute atomic E-state index is 11.4. The Labute approximate surface area is 74.3 Å². The number of carbonyl (C=O) groups is 1. The monoisotopic (exact) mass is 165 g/mol. The van der Waals surface area contributed by atoms with Gasteiger partial charge < -0.3 is 4.90 Å². The summed E-state index contributed by atoms with van der Waals surface area (Å²) in [5.41, 5.74) is 1.80. The highest BCUT2D eigenvalue weighted by Crippen LogP contribution is 2.04. The molecule has 0 aromatic heterocycles. The fraction of sp³-hybridized carbons (Fsp3) is 0.500. The van der Waals surface area contributed by atoms with E-state index >= 15 is 0 Å². The fourth-order valence-electron chi connectivity index (χ4n) is 0.709. The van der Waals surface area contributed by atoms with Crippen molar-refractivity contribution >= 4 is 5.91 Å². The maximum atomic E-state index is 11.4. The van der Waals surface area contributed by atoms with E-state index in [1.807, 2.05) is 20.8 Å². The highest BCUT2D eigenvalue weighted by Gasteiger charge is 2.09. The molecule has 0 unspecified atom stereocenters. The normalized spacial score (nSPS) is 8.58. The van der Waals surface area contributed by atoms with Crippen LogP contribution < -0.4 is 0 Å². The lowest BCUT2D eigenvalue weighted by molar-refractivity contribution is -0.125. The second kappa shape index (κ2) is 4.61. The third-order valence-corrected chi connectivity index (χ3v) is 1.75. The second-order valence-corrected chi connectivity index (χ2v) is 2.99. The van der Waals surface area contributed by atoms with E-state index in [0.717, 1.165) is 11.1 Å². The van der Waals surface area contributed by atoms with Gasteiger partial charge in [-0.2, -0.15) is 0 Å². The van der Waals surface area contributed by atoms with Gasteiger partial charge in [0.1, 0.15) is 0 Å². The van der Waals surface area contributed by atoms with Gasteiger partial charge in [-0.3, -0.25) is 4.79 Å². The van der Waals surface area contributed by atoms with E-state index in [9.17, 15) is 4.79 Å². The molecule has 0 atom stereocenters. The Bertz CT molecular complexity index is 241. The van der Waals surface area contributed by atoms with Gasteiger partial charge in [0, 0.05) is 12.6 Å². The maximum Gasteiger partial charge on any atom is 0.249 e. The van der Waals surface area contributed by atoms with Crippen molar-refractivity contribution in [2.24, 2.45) is 0 Å². The number of carbonyl (C=O) groups excluding carboxylic acids is 1. The van der Waals surface area contributed by atoms with Crippen LogP contribution in [0.4, 0.5) is 0 Å². The van der Waals surface area contributed by atoms with Gasteiger partial charge in [0.25, 0.3) is 0 Å². The van der Waals surface area contributed by atoms with E-state index in [1.165, 1.54) is 4.90 Å².